The third-order valence-corrected chi connectivity index (χ3v) is 3.71. The van der Waals surface area contributed by atoms with Gasteiger partial charge in [0.1, 0.15) is 0 Å². The molecule has 0 unspecified atom stereocenters. The number of para-hydroxylation sites is 1. The fourth-order valence-electron chi connectivity index (χ4n) is 2.83. The van der Waals surface area contributed by atoms with E-state index < -0.39 is 0 Å². The number of benzene rings is 1. The van der Waals surface area contributed by atoms with E-state index in [-0.39, 0.29) is 12.4 Å². The third-order valence-electron chi connectivity index (χ3n) is 3.71. The van der Waals surface area contributed by atoms with Crippen LogP contribution in [0.4, 0.5) is 0 Å². The fraction of sp³-hybridized carbons (Fsp3) is 0.429. The molecule has 1 aromatic heterocycles. The number of nitrogens with one attached hydrogen (secondary N) is 1. The van der Waals surface area contributed by atoms with Gasteiger partial charge in [-0.25, -0.2) is 0 Å². The summed E-state index contributed by atoms with van der Waals surface area (Å²) in [5, 5.41) is 4.87. The summed E-state index contributed by atoms with van der Waals surface area (Å²) in [6.07, 6.45) is 4.86. The van der Waals surface area contributed by atoms with Crippen molar-refractivity contribution in [2.45, 2.75) is 18.8 Å². The zero-order chi connectivity index (χ0) is 11.0. The molecule has 2 heterocycles. The molecule has 1 fully saturated rings. The molecule has 1 N–H and O–H groups in total. The molecule has 1 aromatic carbocycles. The summed E-state index contributed by atoms with van der Waals surface area (Å²) >= 11 is 0. The number of fused-ring (bicyclic) bond motifs is 1. The van der Waals surface area contributed by atoms with Gasteiger partial charge in [0, 0.05) is 24.1 Å². The quantitative estimate of drug-likeness (QED) is 0.823. The molecule has 0 amide bonds. The molecule has 0 saturated carbocycles. The maximum absolute atomic E-state index is 3.43. The van der Waals surface area contributed by atoms with Gasteiger partial charge in [0.25, 0.3) is 0 Å². The number of aryl methyl sites for hydroxylation is 1. The number of rotatable bonds is 1. The van der Waals surface area contributed by atoms with Crippen LogP contribution in [0.1, 0.15) is 24.3 Å². The highest BCUT2D eigenvalue weighted by atomic mass is 35.5. The summed E-state index contributed by atoms with van der Waals surface area (Å²) in [6, 6.07) is 8.73. The Bertz CT molecular complexity index is 498. The van der Waals surface area contributed by atoms with E-state index in [1.807, 2.05) is 0 Å². The maximum Gasteiger partial charge on any atom is 0.0480 e. The fourth-order valence-corrected chi connectivity index (χ4v) is 2.83. The van der Waals surface area contributed by atoms with E-state index in [9.17, 15) is 0 Å². The first-order chi connectivity index (χ1) is 7.86. The van der Waals surface area contributed by atoms with Crippen molar-refractivity contribution in [3.8, 4) is 0 Å². The first kappa shape index (κ1) is 12.5. The molecular weight excluding hydrogens is 232 g/mol. The lowest BCUT2D eigenvalue weighted by molar-refractivity contribution is 0.462. The summed E-state index contributed by atoms with van der Waals surface area (Å²) in [7, 11) is 2.15. The van der Waals surface area contributed by atoms with Crippen molar-refractivity contribution in [3.63, 3.8) is 0 Å². The van der Waals surface area contributed by atoms with Gasteiger partial charge in [-0.2, -0.15) is 0 Å². The normalized spacial score (nSPS) is 17.0. The molecule has 1 aliphatic heterocycles. The minimum absolute atomic E-state index is 0. The van der Waals surface area contributed by atoms with E-state index in [1.165, 1.54) is 23.7 Å². The van der Waals surface area contributed by atoms with E-state index in [1.54, 1.807) is 5.56 Å². The highest BCUT2D eigenvalue weighted by molar-refractivity contribution is 5.85. The van der Waals surface area contributed by atoms with E-state index in [4.69, 9.17) is 0 Å². The van der Waals surface area contributed by atoms with Crippen molar-refractivity contribution in [2.24, 2.45) is 7.05 Å². The van der Waals surface area contributed by atoms with Crippen molar-refractivity contribution < 1.29 is 0 Å². The van der Waals surface area contributed by atoms with Crippen LogP contribution in [0.25, 0.3) is 10.9 Å². The van der Waals surface area contributed by atoms with Crippen LogP contribution in [0.3, 0.4) is 0 Å². The SMILES string of the molecule is Cl.Cn1cc(C2CCNCC2)c2ccccc21. The average Bonchev–Trinajstić information content (AvgIpc) is 2.69. The topological polar surface area (TPSA) is 17.0 Å². The van der Waals surface area contributed by atoms with Gasteiger partial charge in [0.2, 0.25) is 0 Å². The molecule has 0 bridgehead atoms. The summed E-state index contributed by atoms with van der Waals surface area (Å²) < 4.78 is 2.26. The number of hydrogen-bond donors (Lipinski definition) is 1. The summed E-state index contributed by atoms with van der Waals surface area (Å²) in [5.74, 6) is 0.743. The van der Waals surface area contributed by atoms with Crippen LogP contribution >= 0.6 is 12.4 Å². The minimum atomic E-state index is 0. The molecule has 0 spiro atoms. The first-order valence-corrected chi connectivity index (χ1v) is 6.11. The van der Waals surface area contributed by atoms with E-state index >= 15 is 0 Å². The predicted molar refractivity (Wildman–Crippen MR) is 75.0 cm³/mol. The van der Waals surface area contributed by atoms with Crippen molar-refractivity contribution in [1.82, 2.24) is 9.88 Å². The smallest absolute Gasteiger partial charge is 0.0480 e. The van der Waals surface area contributed by atoms with Crippen LogP contribution < -0.4 is 5.32 Å². The third kappa shape index (κ3) is 2.20. The number of piperidine rings is 1. The maximum atomic E-state index is 3.43. The van der Waals surface area contributed by atoms with Gasteiger partial charge >= 0.3 is 0 Å². The van der Waals surface area contributed by atoms with Crippen LogP contribution in [-0.4, -0.2) is 17.7 Å². The Morgan fingerprint density at radius 2 is 1.88 bits per heavy atom. The van der Waals surface area contributed by atoms with Crippen molar-refractivity contribution in [2.75, 3.05) is 13.1 Å². The summed E-state index contributed by atoms with van der Waals surface area (Å²) in [5.41, 5.74) is 2.90. The van der Waals surface area contributed by atoms with Crippen molar-refractivity contribution in [1.29, 1.82) is 0 Å². The molecule has 0 aliphatic carbocycles. The second-order valence-electron chi connectivity index (χ2n) is 4.74. The number of nitrogens with zero attached hydrogens (tertiary/aromatic N) is 1. The highest BCUT2D eigenvalue weighted by Gasteiger charge is 2.18. The predicted octanol–water partition coefficient (Wildman–Crippen LogP) is 3.07. The Hall–Kier alpha value is -0.990. The van der Waals surface area contributed by atoms with Crippen LogP contribution in [-0.2, 0) is 7.05 Å². The molecule has 17 heavy (non-hydrogen) atoms. The molecule has 0 atom stereocenters. The van der Waals surface area contributed by atoms with Crippen molar-refractivity contribution >= 4 is 23.3 Å². The van der Waals surface area contributed by atoms with Gasteiger partial charge in [0.15, 0.2) is 0 Å². The van der Waals surface area contributed by atoms with Gasteiger partial charge < -0.3 is 9.88 Å². The molecule has 92 valence electrons. The molecule has 1 saturated heterocycles. The van der Waals surface area contributed by atoms with Crippen LogP contribution in [0.2, 0.25) is 0 Å². The van der Waals surface area contributed by atoms with E-state index in [0.717, 1.165) is 19.0 Å². The molecule has 2 nitrogen and oxygen atoms in total. The Kier molecular flexibility index (Phi) is 3.75. The van der Waals surface area contributed by atoms with Crippen LogP contribution in [0, 0.1) is 0 Å². The lowest BCUT2D eigenvalue weighted by Gasteiger charge is -2.22. The van der Waals surface area contributed by atoms with Crippen LogP contribution in [0.15, 0.2) is 30.5 Å². The number of halogens is 1. The second kappa shape index (κ2) is 5.11. The summed E-state index contributed by atoms with van der Waals surface area (Å²) in [4.78, 5) is 0. The Morgan fingerprint density at radius 1 is 1.18 bits per heavy atom. The molecule has 1 aliphatic rings. The highest BCUT2D eigenvalue weighted by Crippen LogP contribution is 2.32. The van der Waals surface area contributed by atoms with Gasteiger partial charge in [0.05, 0.1) is 0 Å². The largest absolute Gasteiger partial charge is 0.350 e. The van der Waals surface area contributed by atoms with Gasteiger partial charge in [-0.1, -0.05) is 18.2 Å². The molecular formula is C14H19ClN2. The average molecular weight is 251 g/mol. The Balaban J connectivity index is 0.00000108. The molecule has 2 aromatic rings. The Morgan fingerprint density at radius 3 is 2.65 bits per heavy atom. The number of hydrogen-bond acceptors (Lipinski definition) is 1. The van der Waals surface area contributed by atoms with Gasteiger partial charge in [-0.05, 0) is 43.5 Å². The van der Waals surface area contributed by atoms with Gasteiger partial charge in [-0.15, -0.1) is 12.4 Å². The minimum Gasteiger partial charge on any atom is -0.350 e. The standard InChI is InChI=1S/C14H18N2.ClH/c1-16-10-13(11-6-8-15-9-7-11)12-4-2-3-5-14(12)16;/h2-5,10-11,15H,6-9H2,1H3;1H. The lowest BCUT2D eigenvalue weighted by Crippen LogP contribution is -2.26. The zero-order valence-corrected chi connectivity index (χ0v) is 11.0. The van der Waals surface area contributed by atoms with E-state index in [2.05, 4.69) is 47.4 Å². The first-order valence-electron chi connectivity index (χ1n) is 6.11. The molecule has 0 radical (unpaired) electrons. The van der Waals surface area contributed by atoms with Crippen molar-refractivity contribution in [3.05, 3.63) is 36.0 Å². The molecule has 3 heteroatoms. The summed E-state index contributed by atoms with van der Waals surface area (Å²) in [6.45, 7) is 2.32. The van der Waals surface area contributed by atoms with Crippen LogP contribution in [0.5, 0.6) is 0 Å². The monoisotopic (exact) mass is 250 g/mol. The number of aromatic nitrogens is 1. The zero-order valence-electron chi connectivity index (χ0n) is 10.1. The second-order valence-corrected chi connectivity index (χ2v) is 4.74. The lowest BCUT2D eigenvalue weighted by atomic mass is 9.90. The Labute approximate surface area is 108 Å². The van der Waals surface area contributed by atoms with E-state index in [0.29, 0.717) is 0 Å². The molecule has 3 rings (SSSR count). The van der Waals surface area contributed by atoms with Gasteiger partial charge in [-0.3, -0.25) is 0 Å².